The zero-order chi connectivity index (χ0) is 15.4. The Kier molecular flexibility index (Phi) is 4.46. The van der Waals surface area contributed by atoms with Gasteiger partial charge in [-0.1, -0.05) is 17.3 Å². The summed E-state index contributed by atoms with van der Waals surface area (Å²) in [5.41, 5.74) is 0.118. The smallest absolute Gasteiger partial charge is 0.319 e. The van der Waals surface area contributed by atoms with Crippen molar-refractivity contribution in [1.29, 1.82) is 0 Å². The van der Waals surface area contributed by atoms with Crippen molar-refractivity contribution < 1.29 is 18.1 Å². The van der Waals surface area contributed by atoms with Crippen LogP contribution in [0.3, 0.4) is 0 Å². The molecule has 2 rings (SSSR count). The Bertz CT molecular complexity index is 630. The number of nitrogens with one attached hydrogen (secondary N) is 2. The van der Waals surface area contributed by atoms with E-state index in [1.54, 1.807) is 13.8 Å². The third kappa shape index (κ3) is 3.98. The molecule has 0 aliphatic heterocycles. The average Bonchev–Trinajstić information content (AvgIpc) is 2.85. The van der Waals surface area contributed by atoms with E-state index in [1.807, 2.05) is 0 Å². The van der Waals surface area contributed by atoms with E-state index in [-0.39, 0.29) is 17.1 Å². The first kappa shape index (κ1) is 14.9. The predicted molar refractivity (Wildman–Crippen MR) is 71.0 cm³/mol. The lowest BCUT2D eigenvalue weighted by molar-refractivity contribution is 0.151. The van der Waals surface area contributed by atoms with Gasteiger partial charge in [0.2, 0.25) is 5.89 Å². The van der Waals surface area contributed by atoms with E-state index in [2.05, 4.69) is 20.8 Å². The molecule has 0 saturated heterocycles. The molecular formula is C13H14F2N4O2. The monoisotopic (exact) mass is 296 g/mol. The van der Waals surface area contributed by atoms with Crippen molar-refractivity contribution in [2.24, 2.45) is 0 Å². The van der Waals surface area contributed by atoms with Gasteiger partial charge in [-0.05, 0) is 26.0 Å². The maximum atomic E-state index is 12.6. The van der Waals surface area contributed by atoms with Crippen LogP contribution in [0.15, 0.2) is 28.8 Å². The molecule has 0 radical (unpaired) electrons. The van der Waals surface area contributed by atoms with E-state index in [1.165, 1.54) is 24.3 Å². The van der Waals surface area contributed by atoms with Crippen molar-refractivity contribution in [2.45, 2.75) is 26.3 Å². The Morgan fingerprint density at radius 1 is 1.38 bits per heavy atom. The lowest BCUT2D eigenvalue weighted by Gasteiger charge is -2.11. The van der Waals surface area contributed by atoms with Crippen molar-refractivity contribution >= 4 is 11.7 Å². The van der Waals surface area contributed by atoms with E-state index in [0.717, 1.165) is 0 Å². The Balaban J connectivity index is 1.97. The van der Waals surface area contributed by atoms with Gasteiger partial charge < -0.3 is 15.2 Å². The standard InChI is InChI=1S/C13H14F2N4O2/c1-7(12-17-8(2)19-21-12)16-13(20)18-10-5-3-4-9(6-10)11(14)15/h3-7,11H,1-2H3,(H2,16,18,20). The van der Waals surface area contributed by atoms with E-state index in [0.29, 0.717) is 5.82 Å². The summed E-state index contributed by atoms with van der Waals surface area (Å²) < 4.78 is 30.0. The maximum Gasteiger partial charge on any atom is 0.319 e. The fraction of sp³-hybridized carbons (Fsp3) is 0.308. The van der Waals surface area contributed by atoms with E-state index in [9.17, 15) is 13.6 Å². The van der Waals surface area contributed by atoms with Crippen LogP contribution in [0, 0.1) is 6.92 Å². The third-order valence-electron chi connectivity index (χ3n) is 2.66. The van der Waals surface area contributed by atoms with E-state index in [4.69, 9.17) is 4.52 Å². The summed E-state index contributed by atoms with van der Waals surface area (Å²) in [6.07, 6.45) is -2.59. The van der Waals surface area contributed by atoms with Gasteiger partial charge >= 0.3 is 6.03 Å². The van der Waals surface area contributed by atoms with Crippen LogP contribution in [-0.2, 0) is 0 Å². The van der Waals surface area contributed by atoms with Gasteiger partial charge in [0.25, 0.3) is 6.43 Å². The predicted octanol–water partition coefficient (Wildman–Crippen LogP) is 3.20. The number of nitrogens with zero attached hydrogens (tertiary/aromatic N) is 2. The van der Waals surface area contributed by atoms with Crippen LogP contribution in [0.4, 0.5) is 19.3 Å². The summed E-state index contributed by atoms with van der Waals surface area (Å²) in [5.74, 6) is 0.729. The first-order valence-electron chi connectivity index (χ1n) is 6.21. The molecule has 0 saturated carbocycles. The van der Waals surface area contributed by atoms with Crippen LogP contribution in [0.25, 0.3) is 0 Å². The minimum Gasteiger partial charge on any atom is -0.337 e. The van der Waals surface area contributed by atoms with Crippen molar-refractivity contribution in [2.75, 3.05) is 5.32 Å². The van der Waals surface area contributed by atoms with Crippen molar-refractivity contribution in [3.05, 3.63) is 41.5 Å². The SMILES string of the molecule is Cc1noc(C(C)NC(=O)Nc2cccc(C(F)F)c2)n1. The van der Waals surface area contributed by atoms with Crippen LogP contribution < -0.4 is 10.6 Å². The molecule has 1 atom stereocenters. The van der Waals surface area contributed by atoms with Gasteiger partial charge in [-0.25, -0.2) is 13.6 Å². The molecule has 0 aliphatic carbocycles. The molecule has 2 aromatic rings. The number of anilines is 1. The first-order chi connectivity index (χ1) is 9.95. The van der Waals surface area contributed by atoms with Crippen LogP contribution in [-0.4, -0.2) is 16.2 Å². The molecule has 1 aromatic heterocycles. The fourth-order valence-electron chi connectivity index (χ4n) is 1.67. The number of alkyl halides is 2. The molecule has 1 aromatic carbocycles. The van der Waals surface area contributed by atoms with Gasteiger partial charge in [-0.3, -0.25) is 0 Å². The highest BCUT2D eigenvalue weighted by Gasteiger charge is 2.16. The molecule has 0 bridgehead atoms. The van der Waals surface area contributed by atoms with Gasteiger partial charge in [0, 0.05) is 11.3 Å². The maximum absolute atomic E-state index is 12.6. The minimum atomic E-state index is -2.59. The quantitative estimate of drug-likeness (QED) is 0.908. The van der Waals surface area contributed by atoms with Gasteiger partial charge in [-0.2, -0.15) is 4.98 Å². The third-order valence-corrected chi connectivity index (χ3v) is 2.66. The summed E-state index contributed by atoms with van der Waals surface area (Å²) in [4.78, 5) is 15.8. The Morgan fingerprint density at radius 3 is 2.76 bits per heavy atom. The van der Waals surface area contributed by atoms with Crippen LogP contribution >= 0.6 is 0 Å². The normalized spacial score (nSPS) is 12.2. The number of halogens is 2. The van der Waals surface area contributed by atoms with Crippen molar-refractivity contribution in [3.63, 3.8) is 0 Å². The lowest BCUT2D eigenvalue weighted by Crippen LogP contribution is -2.31. The largest absolute Gasteiger partial charge is 0.337 e. The molecule has 0 fully saturated rings. The summed E-state index contributed by atoms with van der Waals surface area (Å²) >= 11 is 0. The second kappa shape index (κ2) is 6.29. The number of aryl methyl sites for hydroxylation is 1. The number of urea groups is 1. The lowest BCUT2D eigenvalue weighted by atomic mass is 10.2. The number of benzene rings is 1. The zero-order valence-corrected chi connectivity index (χ0v) is 11.4. The summed E-state index contributed by atoms with van der Waals surface area (Å²) in [7, 11) is 0. The van der Waals surface area contributed by atoms with Gasteiger partial charge in [-0.15, -0.1) is 0 Å². The number of carbonyl (C=O) groups is 1. The Morgan fingerprint density at radius 2 is 2.14 bits per heavy atom. The van der Waals surface area contributed by atoms with Crippen LogP contribution in [0.1, 0.15) is 36.7 Å². The van der Waals surface area contributed by atoms with Gasteiger partial charge in [0.05, 0.1) is 0 Å². The molecule has 1 unspecified atom stereocenters. The summed E-state index contributed by atoms with van der Waals surface area (Å²) in [6.45, 7) is 3.33. The Hall–Kier alpha value is -2.51. The number of carbonyl (C=O) groups excluding carboxylic acids is 1. The fourth-order valence-corrected chi connectivity index (χ4v) is 1.67. The summed E-state index contributed by atoms with van der Waals surface area (Å²) in [5, 5.41) is 8.66. The highest BCUT2D eigenvalue weighted by molar-refractivity contribution is 5.89. The average molecular weight is 296 g/mol. The first-order valence-corrected chi connectivity index (χ1v) is 6.21. The van der Waals surface area contributed by atoms with Crippen molar-refractivity contribution in [3.8, 4) is 0 Å². The molecule has 1 heterocycles. The molecule has 8 heteroatoms. The van der Waals surface area contributed by atoms with E-state index < -0.39 is 18.5 Å². The van der Waals surface area contributed by atoms with Crippen molar-refractivity contribution in [1.82, 2.24) is 15.5 Å². The number of hydrogen-bond acceptors (Lipinski definition) is 4. The molecule has 0 aliphatic rings. The number of rotatable bonds is 4. The molecule has 21 heavy (non-hydrogen) atoms. The highest BCUT2D eigenvalue weighted by atomic mass is 19.3. The number of amides is 2. The van der Waals surface area contributed by atoms with E-state index >= 15 is 0 Å². The minimum absolute atomic E-state index is 0.159. The molecule has 2 amide bonds. The molecular weight excluding hydrogens is 282 g/mol. The second-order valence-electron chi connectivity index (χ2n) is 4.43. The molecule has 0 spiro atoms. The molecule has 6 nitrogen and oxygen atoms in total. The zero-order valence-electron chi connectivity index (χ0n) is 11.4. The molecule has 2 N–H and O–H groups in total. The Labute approximate surface area is 119 Å². The summed E-state index contributed by atoms with van der Waals surface area (Å²) in [6, 6.07) is 4.42. The van der Waals surface area contributed by atoms with Gasteiger partial charge in [0.1, 0.15) is 6.04 Å². The van der Waals surface area contributed by atoms with Crippen LogP contribution in [0.5, 0.6) is 0 Å². The number of hydrogen-bond donors (Lipinski definition) is 2. The topological polar surface area (TPSA) is 80.0 Å². The molecule has 112 valence electrons. The van der Waals surface area contributed by atoms with Crippen LogP contribution in [0.2, 0.25) is 0 Å². The number of aromatic nitrogens is 2. The van der Waals surface area contributed by atoms with Gasteiger partial charge in [0.15, 0.2) is 5.82 Å². The highest BCUT2D eigenvalue weighted by Crippen LogP contribution is 2.21. The second-order valence-corrected chi connectivity index (χ2v) is 4.43.